The first-order valence-electron chi connectivity index (χ1n) is 11.0. The molecule has 2 aromatic carbocycles. The molecule has 0 bridgehead atoms. The molecule has 0 unspecified atom stereocenters. The van der Waals surface area contributed by atoms with Crippen molar-refractivity contribution in [1.29, 1.82) is 0 Å². The molecular formula is C26H33N3O3. The average Bonchev–Trinajstić information content (AvgIpc) is 2.82. The molecule has 2 N–H and O–H groups in total. The summed E-state index contributed by atoms with van der Waals surface area (Å²) in [5, 5.41) is 13.7. The van der Waals surface area contributed by atoms with Crippen molar-refractivity contribution in [2.24, 2.45) is 0 Å². The van der Waals surface area contributed by atoms with Crippen LogP contribution in [0.3, 0.4) is 0 Å². The van der Waals surface area contributed by atoms with E-state index in [0.29, 0.717) is 13.2 Å². The minimum atomic E-state index is -0.543. The van der Waals surface area contributed by atoms with Gasteiger partial charge in [0.1, 0.15) is 24.2 Å². The van der Waals surface area contributed by atoms with Gasteiger partial charge >= 0.3 is 0 Å². The molecule has 0 aliphatic carbocycles. The van der Waals surface area contributed by atoms with Crippen molar-refractivity contribution >= 4 is 0 Å². The van der Waals surface area contributed by atoms with Crippen LogP contribution in [0.25, 0.3) is 0 Å². The van der Waals surface area contributed by atoms with Crippen LogP contribution < -0.4 is 14.8 Å². The summed E-state index contributed by atoms with van der Waals surface area (Å²) in [4.78, 5) is 6.13. The molecule has 0 saturated carbocycles. The van der Waals surface area contributed by atoms with E-state index in [1.807, 2.05) is 61.6 Å². The number of aliphatic hydroxyl groups excluding tert-OH is 1. The summed E-state index contributed by atoms with van der Waals surface area (Å²) in [6.07, 6.45) is 3.84. The lowest BCUT2D eigenvalue weighted by Crippen LogP contribution is -2.32. The molecule has 1 aromatic heterocycles. The maximum atomic E-state index is 10.3. The average molecular weight is 436 g/mol. The lowest BCUT2D eigenvalue weighted by molar-refractivity contribution is 0.0744. The molecule has 0 saturated heterocycles. The molecule has 3 rings (SSSR count). The summed E-state index contributed by atoms with van der Waals surface area (Å²) >= 11 is 0. The van der Waals surface area contributed by atoms with Crippen molar-refractivity contribution in [3.8, 4) is 11.5 Å². The summed E-state index contributed by atoms with van der Waals surface area (Å²) in [6, 6.07) is 22.0. The Morgan fingerprint density at radius 1 is 0.938 bits per heavy atom. The summed E-state index contributed by atoms with van der Waals surface area (Å²) in [6.45, 7) is 3.96. The fourth-order valence-electron chi connectivity index (χ4n) is 3.32. The van der Waals surface area contributed by atoms with E-state index in [1.165, 1.54) is 11.1 Å². The number of nitrogens with one attached hydrogen (secondary N) is 1. The molecule has 32 heavy (non-hydrogen) atoms. The van der Waals surface area contributed by atoms with Gasteiger partial charge in [-0.25, -0.2) is 0 Å². The number of aliphatic hydroxyl groups is 1. The summed E-state index contributed by atoms with van der Waals surface area (Å²) < 4.78 is 11.4. The van der Waals surface area contributed by atoms with E-state index >= 15 is 0 Å². The zero-order chi connectivity index (χ0) is 22.4. The number of benzene rings is 2. The van der Waals surface area contributed by atoms with E-state index in [9.17, 15) is 5.11 Å². The van der Waals surface area contributed by atoms with Crippen molar-refractivity contribution in [3.05, 3.63) is 90.3 Å². The Labute approximate surface area is 190 Å². The van der Waals surface area contributed by atoms with Crippen LogP contribution in [-0.4, -0.2) is 54.4 Å². The van der Waals surface area contributed by atoms with Crippen LogP contribution in [0.4, 0.5) is 0 Å². The number of nitrogens with zero attached hydrogens (tertiary/aromatic N) is 2. The largest absolute Gasteiger partial charge is 0.492 e. The molecule has 0 aliphatic heterocycles. The van der Waals surface area contributed by atoms with Gasteiger partial charge in [-0.05, 0) is 55.4 Å². The second kappa shape index (κ2) is 13.5. The highest BCUT2D eigenvalue weighted by atomic mass is 16.5. The van der Waals surface area contributed by atoms with E-state index in [1.54, 1.807) is 12.4 Å². The van der Waals surface area contributed by atoms with Gasteiger partial charge in [0, 0.05) is 25.8 Å². The first-order valence-corrected chi connectivity index (χ1v) is 11.0. The van der Waals surface area contributed by atoms with Gasteiger partial charge < -0.3 is 19.9 Å². The number of rotatable bonds is 14. The van der Waals surface area contributed by atoms with E-state index in [-0.39, 0.29) is 6.61 Å². The molecule has 0 fully saturated rings. The van der Waals surface area contributed by atoms with Gasteiger partial charge in [-0.1, -0.05) is 42.5 Å². The van der Waals surface area contributed by atoms with E-state index in [2.05, 4.69) is 27.3 Å². The number of hydrogen-bond donors (Lipinski definition) is 2. The second-order valence-corrected chi connectivity index (χ2v) is 7.86. The van der Waals surface area contributed by atoms with Gasteiger partial charge in [-0.2, -0.15) is 0 Å². The number of likely N-dealkylation sites (N-methyl/N-ethyl adjacent to an activating group) is 1. The fraction of sp³-hybridized carbons (Fsp3) is 0.346. The van der Waals surface area contributed by atoms with E-state index in [0.717, 1.165) is 37.6 Å². The van der Waals surface area contributed by atoms with Crippen molar-refractivity contribution in [2.45, 2.75) is 25.6 Å². The molecule has 170 valence electrons. The quantitative estimate of drug-likeness (QED) is 0.378. The smallest absolute Gasteiger partial charge is 0.137 e. The standard InChI is InChI=1S/C26H33N3O3/c1-29(19-23-7-3-2-4-8-23)20-24(30)21-32-25-12-10-22(11-13-25)17-27-15-6-16-31-26-9-5-14-28-18-26/h2-5,7-14,18,24,27,30H,6,15-17,19-21H2,1H3/t24-/m1/s1. The number of hydrogen-bond acceptors (Lipinski definition) is 6. The fourth-order valence-corrected chi connectivity index (χ4v) is 3.32. The van der Waals surface area contributed by atoms with Crippen LogP contribution in [0.5, 0.6) is 11.5 Å². The molecular weight excluding hydrogens is 402 g/mol. The Hall–Kier alpha value is -2.93. The van der Waals surface area contributed by atoms with Crippen molar-refractivity contribution in [1.82, 2.24) is 15.2 Å². The third-order valence-electron chi connectivity index (χ3n) is 4.91. The molecule has 0 radical (unpaired) electrons. The number of aromatic nitrogens is 1. The first-order chi connectivity index (χ1) is 15.7. The highest BCUT2D eigenvalue weighted by molar-refractivity contribution is 5.27. The topological polar surface area (TPSA) is 66.9 Å². The van der Waals surface area contributed by atoms with Crippen molar-refractivity contribution < 1.29 is 14.6 Å². The minimum Gasteiger partial charge on any atom is -0.492 e. The Balaban J connectivity index is 1.27. The Bertz CT molecular complexity index is 876. The summed E-state index contributed by atoms with van der Waals surface area (Å²) in [7, 11) is 2.00. The third-order valence-corrected chi connectivity index (χ3v) is 4.91. The Kier molecular flexibility index (Phi) is 9.99. The van der Waals surface area contributed by atoms with Gasteiger partial charge in [0.05, 0.1) is 12.8 Å². The highest BCUT2D eigenvalue weighted by Gasteiger charge is 2.10. The van der Waals surface area contributed by atoms with Crippen molar-refractivity contribution in [2.75, 3.05) is 33.4 Å². The molecule has 0 amide bonds. The Morgan fingerprint density at radius 2 is 1.75 bits per heavy atom. The van der Waals surface area contributed by atoms with E-state index in [4.69, 9.17) is 9.47 Å². The van der Waals surface area contributed by atoms with Gasteiger partial charge in [-0.3, -0.25) is 9.88 Å². The van der Waals surface area contributed by atoms with Crippen LogP contribution in [0.1, 0.15) is 17.5 Å². The second-order valence-electron chi connectivity index (χ2n) is 7.86. The Morgan fingerprint density at radius 3 is 2.50 bits per heavy atom. The molecule has 3 aromatic rings. The van der Waals surface area contributed by atoms with Gasteiger partial charge in [0.2, 0.25) is 0 Å². The molecule has 1 heterocycles. The lowest BCUT2D eigenvalue weighted by Gasteiger charge is -2.21. The van der Waals surface area contributed by atoms with Gasteiger partial charge in [0.15, 0.2) is 0 Å². The number of ether oxygens (including phenoxy) is 2. The third kappa shape index (κ3) is 9.06. The van der Waals surface area contributed by atoms with Gasteiger partial charge in [0.25, 0.3) is 0 Å². The molecule has 1 atom stereocenters. The zero-order valence-corrected chi connectivity index (χ0v) is 18.7. The SMILES string of the molecule is CN(Cc1ccccc1)C[C@@H](O)COc1ccc(CNCCCOc2cccnc2)cc1. The first kappa shape index (κ1) is 23.7. The zero-order valence-electron chi connectivity index (χ0n) is 18.7. The molecule has 6 nitrogen and oxygen atoms in total. The maximum absolute atomic E-state index is 10.3. The predicted octanol–water partition coefficient (Wildman–Crippen LogP) is 3.51. The summed E-state index contributed by atoms with van der Waals surface area (Å²) in [5.74, 6) is 1.57. The summed E-state index contributed by atoms with van der Waals surface area (Å²) in [5.41, 5.74) is 2.42. The predicted molar refractivity (Wildman–Crippen MR) is 127 cm³/mol. The van der Waals surface area contributed by atoms with E-state index < -0.39 is 6.10 Å². The molecule has 6 heteroatoms. The van der Waals surface area contributed by atoms with Crippen LogP contribution in [0, 0.1) is 0 Å². The normalized spacial score (nSPS) is 12.0. The molecule has 0 spiro atoms. The lowest BCUT2D eigenvalue weighted by atomic mass is 10.2. The monoisotopic (exact) mass is 435 g/mol. The van der Waals surface area contributed by atoms with Crippen LogP contribution in [0.15, 0.2) is 79.1 Å². The highest BCUT2D eigenvalue weighted by Crippen LogP contribution is 2.13. The van der Waals surface area contributed by atoms with Crippen LogP contribution >= 0.6 is 0 Å². The molecule has 0 aliphatic rings. The van der Waals surface area contributed by atoms with Crippen LogP contribution in [0.2, 0.25) is 0 Å². The maximum Gasteiger partial charge on any atom is 0.137 e. The minimum absolute atomic E-state index is 0.271. The van der Waals surface area contributed by atoms with Crippen LogP contribution in [-0.2, 0) is 13.1 Å². The number of pyridine rings is 1. The van der Waals surface area contributed by atoms with Gasteiger partial charge in [-0.15, -0.1) is 0 Å². The van der Waals surface area contributed by atoms with Crippen molar-refractivity contribution in [3.63, 3.8) is 0 Å².